The lowest BCUT2D eigenvalue weighted by molar-refractivity contribution is 0.173. The van der Waals surface area contributed by atoms with Crippen molar-refractivity contribution in [2.75, 3.05) is 0 Å². The van der Waals surface area contributed by atoms with Gasteiger partial charge in [-0.1, -0.05) is 38.1 Å². The molecule has 0 saturated heterocycles. The van der Waals surface area contributed by atoms with E-state index in [1.807, 2.05) is 16.8 Å². The van der Waals surface area contributed by atoms with Crippen LogP contribution in [0.25, 0.3) is 0 Å². The van der Waals surface area contributed by atoms with Crippen LogP contribution in [0.4, 0.5) is 0 Å². The van der Waals surface area contributed by atoms with Crippen molar-refractivity contribution < 1.29 is 5.11 Å². The largest absolute Gasteiger partial charge is 0.388 e. The normalized spacial score (nSPS) is 16.4. The van der Waals surface area contributed by atoms with Crippen molar-refractivity contribution >= 4 is 0 Å². The molecule has 0 spiro atoms. The molecule has 1 aliphatic carbocycles. The summed E-state index contributed by atoms with van der Waals surface area (Å²) < 4.78 is 1.90. The first-order valence-corrected chi connectivity index (χ1v) is 7.78. The smallest absolute Gasteiger partial charge is 0.138 e. The lowest BCUT2D eigenvalue weighted by Gasteiger charge is -2.13. The summed E-state index contributed by atoms with van der Waals surface area (Å²) >= 11 is 0. The fourth-order valence-electron chi connectivity index (χ4n) is 2.64. The highest BCUT2D eigenvalue weighted by Crippen LogP contribution is 2.40. The first-order valence-electron chi connectivity index (χ1n) is 7.78. The summed E-state index contributed by atoms with van der Waals surface area (Å²) in [6, 6.07) is 8.38. The fraction of sp³-hybridized carbons (Fsp3) is 0.529. The van der Waals surface area contributed by atoms with Gasteiger partial charge in [0.05, 0.1) is 6.10 Å². The van der Waals surface area contributed by atoms with Crippen LogP contribution in [0, 0.1) is 5.92 Å². The molecule has 21 heavy (non-hydrogen) atoms. The predicted molar refractivity (Wildman–Crippen MR) is 81.9 cm³/mol. The molecule has 1 N–H and O–H groups in total. The molecule has 1 heterocycles. The van der Waals surface area contributed by atoms with Gasteiger partial charge in [-0.15, -0.1) is 0 Å². The van der Waals surface area contributed by atoms with Crippen LogP contribution in [-0.2, 0) is 13.0 Å². The van der Waals surface area contributed by atoms with Gasteiger partial charge in [-0.2, -0.15) is 5.10 Å². The molecule has 0 radical (unpaired) electrons. The molecule has 112 valence electrons. The molecule has 0 aliphatic heterocycles. The molecule has 1 atom stereocenters. The Hall–Kier alpha value is -1.68. The summed E-state index contributed by atoms with van der Waals surface area (Å²) in [4.78, 5) is 4.28. The first-order chi connectivity index (χ1) is 10.1. The maximum Gasteiger partial charge on any atom is 0.138 e. The molecule has 3 rings (SSSR count). The molecule has 1 aliphatic rings. The number of aromatic nitrogens is 3. The second-order valence-corrected chi connectivity index (χ2v) is 6.41. The van der Waals surface area contributed by atoms with Crippen LogP contribution in [0.5, 0.6) is 0 Å². The van der Waals surface area contributed by atoms with E-state index in [-0.39, 0.29) is 0 Å². The van der Waals surface area contributed by atoms with Gasteiger partial charge in [0, 0.05) is 13.0 Å². The summed E-state index contributed by atoms with van der Waals surface area (Å²) in [6.45, 7) is 5.14. The third-order valence-corrected chi connectivity index (χ3v) is 3.98. The Morgan fingerprint density at radius 3 is 2.57 bits per heavy atom. The van der Waals surface area contributed by atoms with Gasteiger partial charge in [-0.05, 0) is 35.8 Å². The minimum atomic E-state index is -0.520. The monoisotopic (exact) mass is 285 g/mol. The van der Waals surface area contributed by atoms with Crippen molar-refractivity contribution in [1.29, 1.82) is 0 Å². The van der Waals surface area contributed by atoms with Gasteiger partial charge in [0.15, 0.2) is 0 Å². The summed E-state index contributed by atoms with van der Waals surface area (Å²) in [5.74, 6) is 2.12. The van der Waals surface area contributed by atoms with E-state index in [0.717, 1.165) is 23.9 Å². The fourth-order valence-corrected chi connectivity index (χ4v) is 2.64. The van der Waals surface area contributed by atoms with Crippen LogP contribution in [-0.4, -0.2) is 19.9 Å². The molecule has 0 amide bonds. The zero-order chi connectivity index (χ0) is 14.8. The van der Waals surface area contributed by atoms with E-state index in [4.69, 9.17) is 0 Å². The zero-order valence-corrected chi connectivity index (χ0v) is 12.7. The second kappa shape index (κ2) is 5.98. The van der Waals surface area contributed by atoms with Gasteiger partial charge < -0.3 is 5.11 Å². The predicted octanol–water partition coefficient (Wildman–Crippen LogP) is 3.09. The Morgan fingerprint density at radius 1 is 1.24 bits per heavy atom. The maximum atomic E-state index is 10.4. The van der Waals surface area contributed by atoms with Gasteiger partial charge in [-0.25, -0.2) is 9.67 Å². The van der Waals surface area contributed by atoms with Crippen molar-refractivity contribution in [2.45, 2.75) is 51.7 Å². The van der Waals surface area contributed by atoms with Crippen LogP contribution < -0.4 is 0 Å². The van der Waals surface area contributed by atoms with Crippen molar-refractivity contribution in [3.05, 3.63) is 47.5 Å². The molecule has 0 bridgehead atoms. The summed E-state index contributed by atoms with van der Waals surface area (Å²) in [5.41, 5.74) is 2.35. The highest BCUT2D eigenvalue weighted by molar-refractivity contribution is 5.29. The molecule has 1 fully saturated rings. The zero-order valence-electron chi connectivity index (χ0n) is 12.7. The van der Waals surface area contributed by atoms with E-state index in [0.29, 0.717) is 12.3 Å². The Kier molecular flexibility index (Phi) is 4.06. The highest BCUT2D eigenvalue weighted by atomic mass is 16.3. The number of hydrogen-bond donors (Lipinski definition) is 1. The minimum absolute atomic E-state index is 0.509. The van der Waals surface area contributed by atoms with Crippen molar-refractivity contribution in [3.8, 4) is 0 Å². The third kappa shape index (κ3) is 3.50. The summed E-state index contributed by atoms with van der Waals surface area (Å²) in [5, 5.41) is 14.7. The van der Waals surface area contributed by atoms with Crippen LogP contribution >= 0.6 is 0 Å². The Balaban J connectivity index is 1.67. The van der Waals surface area contributed by atoms with E-state index < -0.39 is 6.10 Å². The van der Waals surface area contributed by atoms with E-state index in [1.54, 1.807) is 6.33 Å². The van der Waals surface area contributed by atoms with Gasteiger partial charge in [0.2, 0.25) is 0 Å². The van der Waals surface area contributed by atoms with E-state index in [2.05, 4.69) is 36.1 Å². The number of benzene rings is 1. The van der Waals surface area contributed by atoms with Crippen LogP contribution in [0.1, 0.15) is 55.7 Å². The van der Waals surface area contributed by atoms with Gasteiger partial charge >= 0.3 is 0 Å². The standard InChI is InChI=1S/C17H23N3O/c1-12(2)10-20-17(18-11-19-20)9-16(21)15-7-5-14(6-8-15)13-3-4-13/h5-8,11-13,16,21H,3-4,9-10H2,1-2H3. The number of aliphatic hydroxyl groups is 1. The molecular weight excluding hydrogens is 262 g/mol. The number of nitrogens with zero attached hydrogens (tertiary/aromatic N) is 3. The van der Waals surface area contributed by atoms with Gasteiger partial charge in [-0.3, -0.25) is 0 Å². The molecule has 2 aromatic rings. The van der Waals surface area contributed by atoms with Gasteiger partial charge in [0.1, 0.15) is 12.2 Å². The van der Waals surface area contributed by atoms with Gasteiger partial charge in [0.25, 0.3) is 0 Å². The molecule has 1 unspecified atom stereocenters. The lowest BCUT2D eigenvalue weighted by Crippen LogP contribution is -2.13. The summed E-state index contributed by atoms with van der Waals surface area (Å²) in [6.07, 6.45) is 4.17. The highest BCUT2D eigenvalue weighted by Gasteiger charge is 2.23. The Bertz CT molecular complexity index is 584. The topological polar surface area (TPSA) is 50.9 Å². The number of aliphatic hydroxyl groups excluding tert-OH is 1. The van der Waals surface area contributed by atoms with Crippen molar-refractivity contribution in [1.82, 2.24) is 14.8 Å². The van der Waals surface area contributed by atoms with E-state index in [1.165, 1.54) is 18.4 Å². The molecule has 1 aromatic heterocycles. The molecule has 1 saturated carbocycles. The SMILES string of the molecule is CC(C)Cn1ncnc1CC(O)c1ccc(C2CC2)cc1. The number of hydrogen-bond acceptors (Lipinski definition) is 3. The average molecular weight is 285 g/mol. The Labute approximate surface area is 125 Å². The van der Waals surface area contributed by atoms with Crippen molar-refractivity contribution in [2.24, 2.45) is 5.92 Å². The van der Waals surface area contributed by atoms with Crippen molar-refractivity contribution in [3.63, 3.8) is 0 Å². The first kappa shape index (κ1) is 14.3. The molecule has 4 nitrogen and oxygen atoms in total. The van der Waals surface area contributed by atoms with Crippen LogP contribution in [0.15, 0.2) is 30.6 Å². The molecule has 1 aromatic carbocycles. The maximum absolute atomic E-state index is 10.4. The van der Waals surface area contributed by atoms with Crippen LogP contribution in [0.2, 0.25) is 0 Å². The third-order valence-electron chi connectivity index (χ3n) is 3.98. The van der Waals surface area contributed by atoms with Crippen LogP contribution in [0.3, 0.4) is 0 Å². The minimum Gasteiger partial charge on any atom is -0.388 e. The molecular formula is C17H23N3O. The van der Waals surface area contributed by atoms with E-state index in [9.17, 15) is 5.11 Å². The Morgan fingerprint density at radius 2 is 1.95 bits per heavy atom. The average Bonchev–Trinajstić information content (AvgIpc) is 3.23. The quantitative estimate of drug-likeness (QED) is 0.887. The molecule has 4 heteroatoms. The number of rotatable bonds is 6. The summed E-state index contributed by atoms with van der Waals surface area (Å²) in [7, 11) is 0. The van der Waals surface area contributed by atoms with E-state index >= 15 is 0 Å². The second-order valence-electron chi connectivity index (χ2n) is 6.41. The lowest BCUT2D eigenvalue weighted by atomic mass is 10.0.